The van der Waals surface area contributed by atoms with Crippen molar-refractivity contribution in [3.8, 4) is 0 Å². The third-order valence-electron chi connectivity index (χ3n) is 8.37. The Labute approximate surface area is 180 Å². The minimum Gasteiger partial charge on any atom is -0.417 e. The van der Waals surface area contributed by atoms with Crippen LogP contribution >= 0.6 is 0 Å². The van der Waals surface area contributed by atoms with E-state index in [9.17, 15) is 18.0 Å². The first-order valence-electron chi connectivity index (χ1n) is 11.6. The molecule has 1 unspecified atom stereocenters. The second-order valence-corrected chi connectivity index (χ2v) is 10.6. The van der Waals surface area contributed by atoms with Gasteiger partial charge in [-0.05, 0) is 94.5 Å². The summed E-state index contributed by atoms with van der Waals surface area (Å²) in [5, 5.41) is 10.0. The van der Waals surface area contributed by atoms with Crippen molar-refractivity contribution in [2.45, 2.75) is 76.4 Å². The van der Waals surface area contributed by atoms with Gasteiger partial charge in [-0.2, -0.15) is 13.2 Å². The second kappa shape index (κ2) is 7.74. The lowest BCUT2D eigenvalue weighted by molar-refractivity contribution is -0.157. The molecule has 6 nitrogen and oxygen atoms in total. The predicted octanol–water partition coefficient (Wildman–Crippen LogP) is 3.99. The van der Waals surface area contributed by atoms with Gasteiger partial charge < -0.3 is 9.73 Å². The predicted molar refractivity (Wildman–Crippen MR) is 106 cm³/mol. The topological polar surface area (TPSA) is 71.3 Å². The maximum Gasteiger partial charge on any atom is 0.470 e. The van der Waals surface area contributed by atoms with Crippen LogP contribution in [-0.2, 0) is 11.0 Å². The van der Waals surface area contributed by atoms with Crippen LogP contribution in [0.4, 0.5) is 13.2 Å². The zero-order valence-electron chi connectivity index (χ0n) is 18.0. The van der Waals surface area contributed by atoms with E-state index in [0.29, 0.717) is 32.5 Å². The summed E-state index contributed by atoms with van der Waals surface area (Å²) in [5.41, 5.74) is 0.283. The first kappa shape index (κ1) is 21.2. The molecule has 1 atom stereocenters. The number of amides is 1. The molecule has 1 aliphatic heterocycles. The van der Waals surface area contributed by atoms with Gasteiger partial charge in [-0.1, -0.05) is 0 Å². The van der Waals surface area contributed by atoms with Crippen molar-refractivity contribution in [2.75, 3.05) is 19.6 Å². The van der Waals surface area contributed by atoms with E-state index in [1.165, 1.54) is 38.5 Å². The van der Waals surface area contributed by atoms with Gasteiger partial charge >= 0.3 is 12.1 Å². The molecule has 31 heavy (non-hydrogen) atoms. The average Bonchev–Trinajstić information content (AvgIpc) is 3.18. The standard InChI is InChI=1S/C22H31F3N4O2/c1-13(21-9-14-6-15(10-21)8-16(7-14)11-21)26-18(30)12-29-4-2-17(3-5-29)19-27-28-20(31-19)22(23,24)25/h13-17H,2-12H2,1H3,(H,26,30). The highest BCUT2D eigenvalue weighted by atomic mass is 19.4. The van der Waals surface area contributed by atoms with Crippen LogP contribution in [0.15, 0.2) is 4.42 Å². The van der Waals surface area contributed by atoms with E-state index in [1.807, 2.05) is 0 Å². The zero-order chi connectivity index (χ0) is 21.8. The van der Waals surface area contributed by atoms with Gasteiger partial charge in [-0.15, -0.1) is 10.2 Å². The molecular formula is C22H31F3N4O2. The Bertz CT molecular complexity index is 781. The average molecular weight is 441 g/mol. The molecule has 0 spiro atoms. The van der Waals surface area contributed by atoms with Crippen molar-refractivity contribution in [1.29, 1.82) is 0 Å². The fourth-order valence-corrected chi connectivity index (χ4v) is 7.20. The lowest BCUT2D eigenvalue weighted by Crippen LogP contribution is -2.56. The Balaban J connectivity index is 1.11. The van der Waals surface area contributed by atoms with Gasteiger partial charge in [0.1, 0.15) is 0 Å². The summed E-state index contributed by atoms with van der Waals surface area (Å²) in [6.07, 6.45) is 4.55. The molecule has 172 valence electrons. The summed E-state index contributed by atoms with van der Waals surface area (Å²) in [6, 6.07) is 0.199. The number of hydrogen-bond acceptors (Lipinski definition) is 5. The van der Waals surface area contributed by atoms with Crippen molar-refractivity contribution >= 4 is 5.91 Å². The normalized spacial score (nSPS) is 34.8. The number of nitrogens with zero attached hydrogens (tertiary/aromatic N) is 3. The lowest BCUT2D eigenvalue weighted by atomic mass is 9.48. The Hall–Kier alpha value is -1.64. The molecule has 1 N–H and O–H groups in total. The maximum atomic E-state index is 12.8. The Morgan fingerprint density at radius 3 is 2.23 bits per heavy atom. The number of likely N-dealkylation sites (tertiary alicyclic amines) is 1. The number of piperidine rings is 1. The number of rotatable bonds is 5. The molecule has 5 fully saturated rings. The minimum absolute atomic E-state index is 0.0480. The maximum absolute atomic E-state index is 12.8. The Morgan fingerprint density at radius 2 is 1.71 bits per heavy atom. The Kier molecular flexibility index (Phi) is 5.30. The molecule has 2 heterocycles. The van der Waals surface area contributed by atoms with Gasteiger partial charge in [0.15, 0.2) is 0 Å². The number of carbonyl (C=O) groups is 1. The van der Waals surface area contributed by atoms with Crippen LogP contribution in [0.1, 0.15) is 76.0 Å². The van der Waals surface area contributed by atoms with Gasteiger partial charge in [0.05, 0.1) is 6.54 Å². The zero-order valence-corrected chi connectivity index (χ0v) is 18.0. The lowest BCUT2D eigenvalue weighted by Gasteiger charge is -2.59. The molecular weight excluding hydrogens is 409 g/mol. The molecule has 1 saturated heterocycles. The largest absolute Gasteiger partial charge is 0.470 e. The van der Waals surface area contributed by atoms with E-state index >= 15 is 0 Å². The third-order valence-corrected chi connectivity index (χ3v) is 8.37. The van der Waals surface area contributed by atoms with Gasteiger partial charge in [0, 0.05) is 12.0 Å². The number of halogens is 3. The fourth-order valence-electron chi connectivity index (χ4n) is 7.20. The Morgan fingerprint density at radius 1 is 1.13 bits per heavy atom. The summed E-state index contributed by atoms with van der Waals surface area (Å²) in [5.74, 6) is 1.19. The summed E-state index contributed by atoms with van der Waals surface area (Å²) in [6.45, 7) is 3.78. The molecule has 6 rings (SSSR count). The van der Waals surface area contributed by atoms with E-state index in [-0.39, 0.29) is 29.2 Å². The molecule has 5 aliphatic rings. The van der Waals surface area contributed by atoms with Gasteiger partial charge in [0.25, 0.3) is 0 Å². The summed E-state index contributed by atoms with van der Waals surface area (Å²) >= 11 is 0. The molecule has 0 aromatic carbocycles. The highest BCUT2D eigenvalue weighted by Crippen LogP contribution is 2.61. The number of hydrogen-bond donors (Lipinski definition) is 1. The van der Waals surface area contributed by atoms with Crippen LogP contribution in [0.3, 0.4) is 0 Å². The van der Waals surface area contributed by atoms with Crippen LogP contribution in [0.2, 0.25) is 0 Å². The van der Waals surface area contributed by atoms with Gasteiger partial charge in [0.2, 0.25) is 11.8 Å². The van der Waals surface area contributed by atoms with Crippen LogP contribution in [0.25, 0.3) is 0 Å². The van der Waals surface area contributed by atoms with E-state index in [0.717, 1.165) is 17.8 Å². The summed E-state index contributed by atoms with van der Waals surface area (Å²) < 4.78 is 42.8. The van der Waals surface area contributed by atoms with Crippen LogP contribution in [0.5, 0.6) is 0 Å². The molecule has 0 radical (unpaired) electrons. The molecule has 4 bridgehead atoms. The second-order valence-electron chi connectivity index (χ2n) is 10.6. The monoisotopic (exact) mass is 440 g/mol. The van der Waals surface area contributed by atoms with Crippen molar-refractivity contribution in [3.63, 3.8) is 0 Å². The van der Waals surface area contributed by atoms with Crippen molar-refractivity contribution < 1.29 is 22.4 Å². The molecule has 4 aliphatic carbocycles. The first-order valence-corrected chi connectivity index (χ1v) is 11.6. The quantitative estimate of drug-likeness (QED) is 0.750. The number of carbonyl (C=O) groups excluding carboxylic acids is 1. The van der Waals surface area contributed by atoms with E-state index in [4.69, 9.17) is 4.42 Å². The number of alkyl halides is 3. The van der Waals surface area contributed by atoms with E-state index in [1.54, 1.807) is 0 Å². The minimum atomic E-state index is -4.61. The van der Waals surface area contributed by atoms with Crippen molar-refractivity contribution in [1.82, 2.24) is 20.4 Å². The smallest absolute Gasteiger partial charge is 0.417 e. The molecule has 1 amide bonds. The van der Waals surface area contributed by atoms with Crippen LogP contribution < -0.4 is 5.32 Å². The molecule has 4 saturated carbocycles. The molecule has 1 aromatic rings. The van der Waals surface area contributed by atoms with E-state index in [2.05, 4.69) is 27.3 Å². The van der Waals surface area contributed by atoms with Gasteiger partial charge in [-0.3, -0.25) is 9.69 Å². The summed E-state index contributed by atoms with van der Waals surface area (Å²) in [7, 11) is 0. The number of aromatic nitrogens is 2. The number of nitrogens with one attached hydrogen (secondary N) is 1. The third kappa shape index (κ3) is 4.22. The van der Waals surface area contributed by atoms with Crippen LogP contribution in [0, 0.1) is 23.2 Å². The molecule has 1 aromatic heterocycles. The highest BCUT2D eigenvalue weighted by molar-refractivity contribution is 5.78. The summed E-state index contributed by atoms with van der Waals surface area (Å²) in [4.78, 5) is 14.8. The van der Waals surface area contributed by atoms with Crippen molar-refractivity contribution in [3.05, 3.63) is 11.8 Å². The first-order chi connectivity index (χ1) is 14.7. The molecule has 9 heteroatoms. The van der Waals surface area contributed by atoms with Crippen LogP contribution in [-0.4, -0.2) is 46.7 Å². The highest BCUT2D eigenvalue weighted by Gasteiger charge is 2.53. The van der Waals surface area contributed by atoms with Gasteiger partial charge in [-0.25, -0.2) is 0 Å². The SMILES string of the molecule is CC(NC(=O)CN1CCC(c2nnc(C(F)(F)F)o2)CC1)C12CC3CC(CC(C3)C1)C2. The van der Waals surface area contributed by atoms with Crippen molar-refractivity contribution in [2.24, 2.45) is 23.2 Å². The fraction of sp³-hybridized carbons (Fsp3) is 0.864. The van der Waals surface area contributed by atoms with E-state index < -0.39 is 12.1 Å².